The van der Waals surface area contributed by atoms with Gasteiger partial charge in [-0.2, -0.15) is 0 Å². The van der Waals surface area contributed by atoms with E-state index in [4.69, 9.17) is 9.47 Å². The summed E-state index contributed by atoms with van der Waals surface area (Å²) in [5.41, 5.74) is 4.36. The van der Waals surface area contributed by atoms with Gasteiger partial charge in [0.25, 0.3) is 11.8 Å². The zero-order valence-electron chi connectivity index (χ0n) is 19.4. The molecule has 2 aromatic rings. The average molecular weight is 450 g/mol. The van der Waals surface area contributed by atoms with Gasteiger partial charge < -0.3 is 14.4 Å². The van der Waals surface area contributed by atoms with Gasteiger partial charge in [-0.25, -0.2) is 0 Å². The molecule has 5 rings (SSSR count). The number of benzene rings is 2. The fourth-order valence-corrected chi connectivity index (χ4v) is 5.18. The van der Waals surface area contributed by atoms with Crippen molar-refractivity contribution in [3.05, 3.63) is 58.7 Å². The first kappa shape index (κ1) is 21.9. The molecule has 0 radical (unpaired) electrons. The Morgan fingerprint density at radius 3 is 2.58 bits per heavy atom. The van der Waals surface area contributed by atoms with Crippen LogP contribution in [0.1, 0.15) is 44.7 Å². The van der Waals surface area contributed by atoms with Crippen LogP contribution in [0.2, 0.25) is 0 Å². The number of ether oxygens (including phenoxy) is 2. The van der Waals surface area contributed by atoms with Crippen molar-refractivity contribution in [3.8, 4) is 5.75 Å². The van der Waals surface area contributed by atoms with E-state index in [1.165, 1.54) is 10.5 Å². The third kappa shape index (κ3) is 4.23. The van der Waals surface area contributed by atoms with E-state index in [0.29, 0.717) is 24.3 Å². The maximum atomic E-state index is 13.3. The number of fused-ring (bicyclic) bond motifs is 1. The van der Waals surface area contributed by atoms with Gasteiger partial charge in [0.2, 0.25) is 0 Å². The molecule has 0 saturated carbocycles. The van der Waals surface area contributed by atoms with E-state index in [2.05, 4.69) is 28.9 Å². The zero-order chi connectivity index (χ0) is 22.9. The summed E-state index contributed by atoms with van der Waals surface area (Å²) in [6.07, 6.45) is 1.84. The lowest BCUT2D eigenvalue weighted by atomic mass is 10.1. The van der Waals surface area contributed by atoms with E-state index in [9.17, 15) is 9.59 Å². The minimum Gasteiger partial charge on any atom is -0.496 e. The summed E-state index contributed by atoms with van der Waals surface area (Å²) in [6.45, 7) is 7.44. The quantitative estimate of drug-likeness (QED) is 0.632. The first-order valence-electron chi connectivity index (χ1n) is 11.8. The lowest BCUT2D eigenvalue weighted by Crippen LogP contribution is -2.46. The fraction of sp³-hybridized carbons (Fsp3) is 0.462. The molecule has 3 aliphatic heterocycles. The second kappa shape index (κ2) is 9.15. The number of carbonyl (C=O) groups is 2. The first-order valence-corrected chi connectivity index (χ1v) is 11.8. The third-order valence-electron chi connectivity index (χ3n) is 6.97. The number of anilines is 1. The van der Waals surface area contributed by atoms with Crippen molar-refractivity contribution < 1.29 is 19.1 Å². The maximum absolute atomic E-state index is 13.3. The van der Waals surface area contributed by atoms with Crippen LogP contribution >= 0.6 is 0 Å². The van der Waals surface area contributed by atoms with Crippen LogP contribution in [0.4, 0.5) is 5.69 Å². The highest BCUT2D eigenvalue weighted by Gasteiger charge is 2.40. The van der Waals surface area contributed by atoms with Crippen LogP contribution in [0.25, 0.3) is 0 Å². The van der Waals surface area contributed by atoms with E-state index < -0.39 is 0 Å². The predicted molar refractivity (Wildman–Crippen MR) is 126 cm³/mol. The van der Waals surface area contributed by atoms with Gasteiger partial charge in [-0.3, -0.25) is 19.4 Å². The largest absolute Gasteiger partial charge is 0.496 e. The number of methoxy groups -OCH3 is 1. The highest BCUT2D eigenvalue weighted by Crippen LogP contribution is 2.33. The minimum absolute atomic E-state index is 0.0409. The SMILES string of the molecule is COc1ccc(CN2CCN(c3cccc4c3C(=O)N(C[C@H]3CCCO3)C4=O)CC2)cc1C. The van der Waals surface area contributed by atoms with Crippen LogP contribution < -0.4 is 9.64 Å². The Morgan fingerprint density at radius 2 is 1.88 bits per heavy atom. The lowest BCUT2D eigenvalue weighted by molar-refractivity contribution is 0.0475. The molecule has 3 aliphatic rings. The van der Waals surface area contributed by atoms with Crippen molar-refractivity contribution in [2.75, 3.05) is 51.3 Å². The first-order chi connectivity index (χ1) is 16.0. The summed E-state index contributed by atoms with van der Waals surface area (Å²) < 4.78 is 11.0. The Bertz CT molecular complexity index is 1060. The number of carbonyl (C=O) groups excluding carboxylic acids is 2. The number of hydrogen-bond acceptors (Lipinski definition) is 6. The third-order valence-corrected chi connectivity index (χ3v) is 6.97. The number of nitrogens with zero attached hydrogens (tertiary/aromatic N) is 3. The average Bonchev–Trinajstić information content (AvgIpc) is 3.43. The van der Waals surface area contributed by atoms with E-state index in [1.54, 1.807) is 13.2 Å². The molecule has 0 bridgehead atoms. The van der Waals surface area contributed by atoms with Crippen LogP contribution in [0, 0.1) is 6.92 Å². The van der Waals surface area contributed by atoms with Crippen molar-refractivity contribution in [3.63, 3.8) is 0 Å². The number of hydrogen-bond donors (Lipinski definition) is 0. The molecular weight excluding hydrogens is 418 g/mol. The van der Waals surface area contributed by atoms with Gasteiger partial charge in [-0.05, 0) is 49.1 Å². The monoisotopic (exact) mass is 449 g/mol. The van der Waals surface area contributed by atoms with Crippen LogP contribution in [0.15, 0.2) is 36.4 Å². The van der Waals surface area contributed by atoms with Gasteiger partial charge in [0.05, 0.1) is 36.6 Å². The molecule has 33 heavy (non-hydrogen) atoms. The van der Waals surface area contributed by atoms with Gasteiger partial charge >= 0.3 is 0 Å². The van der Waals surface area contributed by atoms with Crippen molar-refractivity contribution in [1.82, 2.24) is 9.80 Å². The smallest absolute Gasteiger partial charge is 0.263 e. The molecule has 0 aliphatic carbocycles. The Kier molecular flexibility index (Phi) is 6.08. The van der Waals surface area contributed by atoms with E-state index in [-0.39, 0.29) is 17.9 Å². The minimum atomic E-state index is -0.194. The molecule has 174 valence electrons. The van der Waals surface area contributed by atoms with Crippen molar-refractivity contribution in [2.45, 2.75) is 32.4 Å². The summed E-state index contributed by atoms with van der Waals surface area (Å²) in [4.78, 5) is 32.3. The summed E-state index contributed by atoms with van der Waals surface area (Å²) in [6, 6.07) is 12.0. The van der Waals surface area contributed by atoms with Crippen LogP contribution in [0.5, 0.6) is 5.75 Å². The molecule has 2 saturated heterocycles. The normalized spacial score (nSPS) is 21.1. The molecule has 7 nitrogen and oxygen atoms in total. The highest BCUT2D eigenvalue weighted by molar-refractivity contribution is 6.23. The fourth-order valence-electron chi connectivity index (χ4n) is 5.18. The zero-order valence-corrected chi connectivity index (χ0v) is 19.4. The van der Waals surface area contributed by atoms with E-state index >= 15 is 0 Å². The summed E-state index contributed by atoms with van der Waals surface area (Å²) in [7, 11) is 1.70. The molecule has 2 amide bonds. The van der Waals surface area contributed by atoms with Gasteiger partial charge in [-0.15, -0.1) is 0 Å². The molecule has 0 unspecified atom stereocenters. The molecule has 0 N–H and O–H groups in total. The Morgan fingerprint density at radius 1 is 1.06 bits per heavy atom. The number of amides is 2. The van der Waals surface area contributed by atoms with Crippen molar-refractivity contribution >= 4 is 17.5 Å². The maximum Gasteiger partial charge on any atom is 0.263 e. The molecular formula is C26H31N3O4. The summed E-state index contributed by atoms with van der Waals surface area (Å²) in [5.74, 6) is 0.535. The molecule has 1 atom stereocenters. The van der Waals surface area contributed by atoms with E-state index in [1.807, 2.05) is 18.2 Å². The number of aryl methyl sites for hydroxylation is 1. The molecule has 7 heteroatoms. The predicted octanol–water partition coefficient (Wildman–Crippen LogP) is 3.10. The Hall–Kier alpha value is -2.90. The lowest BCUT2D eigenvalue weighted by Gasteiger charge is -2.36. The highest BCUT2D eigenvalue weighted by atomic mass is 16.5. The topological polar surface area (TPSA) is 62.3 Å². The van der Waals surface area contributed by atoms with Gasteiger partial charge in [0.1, 0.15) is 5.75 Å². The van der Waals surface area contributed by atoms with E-state index in [0.717, 1.165) is 62.6 Å². The van der Waals surface area contributed by atoms with Crippen molar-refractivity contribution in [2.24, 2.45) is 0 Å². The molecule has 2 aromatic carbocycles. The number of piperazine rings is 1. The Balaban J connectivity index is 1.26. The van der Waals surface area contributed by atoms with Gasteiger partial charge in [0.15, 0.2) is 0 Å². The second-order valence-corrected chi connectivity index (χ2v) is 9.12. The van der Waals surface area contributed by atoms with Gasteiger partial charge in [0, 0.05) is 39.3 Å². The summed E-state index contributed by atoms with van der Waals surface area (Å²) >= 11 is 0. The standard InChI is InChI=1S/C26H31N3O4/c1-18-15-19(8-9-23(18)32-2)16-27-10-12-28(13-11-27)22-7-3-6-21-24(22)26(31)29(25(21)30)17-20-5-4-14-33-20/h3,6-9,15,20H,4-5,10-14,16-17H2,1-2H3/t20-/m1/s1. The number of imide groups is 1. The van der Waals surface area contributed by atoms with Crippen molar-refractivity contribution in [1.29, 1.82) is 0 Å². The summed E-state index contributed by atoms with van der Waals surface area (Å²) in [5, 5.41) is 0. The molecule has 2 fully saturated rings. The molecule has 3 heterocycles. The van der Waals surface area contributed by atoms with Gasteiger partial charge in [-0.1, -0.05) is 18.2 Å². The number of rotatable bonds is 6. The molecule has 0 aromatic heterocycles. The molecule has 0 spiro atoms. The van der Waals surface area contributed by atoms with Crippen LogP contribution in [-0.4, -0.2) is 74.2 Å². The van der Waals surface area contributed by atoms with Crippen LogP contribution in [-0.2, 0) is 11.3 Å². The van der Waals surface area contributed by atoms with Crippen LogP contribution in [0.3, 0.4) is 0 Å². The second-order valence-electron chi connectivity index (χ2n) is 9.12. The Labute approximate surface area is 194 Å².